The van der Waals surface area contributed by atoms with E-state index in [-0.39, 0.29) is 5.56 Å². The zero-order chi connectivity index (χ0) is 14.8. The molecule has 0 heterocycles. The fourth-order valence-electron chi connectivity index (χ4n) is 1.12. The first-order valence-electron chi connectivity index (χ1n) is 5.34. The van der Waals surface area contributed by atoms with Gasteiger partial charge in [-0.1, -0.05) is 4.40 Å². The molecule has 0 aliphatic rings. The van der Waals surface area contributed by atoms with Gasteiger partial charge in [0.25, 0.3) is 0 Å². The highest BCUT2D eigenvalue weighted by Gasteiger charge is 2.31. The van der Waals surface area contributed by atoms with Crippen molar-refractivity contribution in [1.82, 2.24) is 0 Å². The molecule has 0 N–H and O–H groups in total. The molecule has 0 aromatic heterocycles. The molecule has 0 radical (unpaired) electrons. The summed E-state index contributed by atoms with van der Waals surface area (Å²) >= 11 is -1.61. The highest BCUT2D eigenvalue weighted by atomic mass is 32.2. The predicted octanol–water partition coefficient (Wildman–Crippen LogP) is 3.73. The molecule has 0 spiro atoms. The van der Waals surface area contributed by atoms with Gasteiger partial charge in [-0.25, -0.2) is 4.39 Å². The van der Waals surface area contributed by atoms with E-state index in [9.17, 15) is 22.1 Å². The average Bonchev–Trinajstić information content (AvgIpc) is 2.22. The number of hydrogen-bond acceptors (Lipinski definition) is 2. The fraction of sp³-hybridized carbons (Fsp3) is 0.417. The lowest BCUT2D eigenvalue weighted by Crippen LogP contribution is -2.25. The Labute approximate surface area is 111 Å². The number of hydrogen-bond donors (Lipinski definition) is 0. The van der Waals surface area contributed by atoms with E-state index in [0.717, 1.165) is 18.3 Å². The Kier molecular flexibility index (Phi) is 4.63. The lowest BCUT2D eigenvalue weighted by atomic mass is 10.1. The number of alkyl halides is 3. The minimum Gasteiger partial charge on any atom is -0.591 e. The third kappa shape index (κ3) is 4.83. The van der Waals surface area contributed by atoms with E-state index in [1.807, 2.05) is 0 Å². The number of rotatable bonds is 2. The van der Waals surface area contributed by atoms with E-state index in [1.165, 1.54) is 0 Å². The second-order valence-corrected chi connectivity index (χ2v) is 6.80. The first kappa shape index (κ1) is 16.0. The molecule has 0 saturated carbocycles. The topological polar surface area (TPSA) is 35.4 Å². The lowest BCUT2D eigenvalue weighted by molar-refractivity contribution is -0.137. The summed E-state index contributed by atoms with van der Waals surface area (Å²) in [4.78, 5) is 0. The Morgan fingerprint density at radius 2 is 1.74 bits per heavy atom. The summed E-state index contributed by atoms with van der Waals surface area (Å²) < 4.78 is 65.1. The molecule has 1 aromatic rings. The van der Waals surface area contributed by atoms with Crippen LogP contribution in [0.4, 0.5) is 17.6 Å². The Balaban J connectivity index is 3.03. The molecular weight excluding hydrogens is 282 g/mol. The van der Waals surface area contributed by atoms with Crippen molar-refractivity contribution >= 4 is 17.6 Å². The van der Waals surface area contributed by atoms with Gasteiger partial charge in [0, 0.05) is 5.56 Å². The summed E-state index contributed by atoms with van der Waals surface area (Å²) in [7, 11) is 0. The van der Waals surface area contributed by atoms with Crippen LogP contribution in [0.1, 0.15) is 31.9 Å². The largest absolute Gasteiger partial charge is 0.591 e. The van der Waals surface area contributed by atoms with Crippen molar-refractivity contribution in [3.8, 4) is 0 Å². The third-order valence-electron chi connectivity index (χ3n) is 2.07. The molecular formula is C12H13F4NOS. The van der Waals surface area contributed by atoms with Crippen molar-refractivity contribution in [3.05, 3.63) is 35.1 Å². The van der Waals surface area contributed by atoms with Gasteiger partial charge in [-0.3, -0.25) is 0 Å². The fourth-order valence-corrected chi connectivity index (χ4v) is 1.65. The first-order valence-corrected chi connectivity index (χ1v) is 6.44. The van der Waals surface area contributed by atoms with Crippen LogP contribution in [0.3, 0.4) is 0 Å². The molecule has 1 unspecified atom stereocenters. The molecule has 0 bridgehead atoms. The number of halogens is 4. The number of nitrogens with zero attached hydrogens (tertiary/aromatic N) is 1. The van der Waals surface area contributed by atoms with Crippen molar-refractivity contribution in [2.45, 2.75) is 31.7 Å². The lowest BCUT2D eigenvalue weighted by Gasteiger charge is -2.17. The second kappa shape index (κ2) is 5.50. The minimum atomic E-state index is -4.63. The van der Waals surface area contributed by atoms with Gasteiger partial charge < -0.3 is 4.55 Å². The Bertz CT molecular complexity index is 480. The molecule has 1 atom stereocenters. The van der Waals surface area contributed by atoms with Gasteiger partial charge in [-0.15, -0.1) is 0 Å². The normalized spacial score (nSPS) is 14.9. The molecule has 1 rings (SSSR count). The van der Waals surface area contributed by atoms with Crippen LogP contribution in [0.2, 0.25) is 0 Å². The Morgan fingerprint density at radius 3 is 2.21 bits per heavy atom. The van der Waals surface area contributed by atoms with Gasteiger partial charge in [-0.2, -0.15) is 13.2 Å². The van der Waals surface area contributed by atoms with E-state index in [2.05, 4.69) is 4.40 Å². The zero-order valence-corrected chi connectivity index (χ0v) is 11.4. The van der Waals surface area contributed by atoms with E-state index in [4.69, 9.17) is 0 Å². The van der Waals surface area contributed by atoms with Crippen LogP contribution >= 0.6 is 0 Å². The van der Waals surface area contributed by atoms with Gasteiger partial charge >= 0.3 is 6.18 Å². The molecule has 0 aliphatic heterocycles. The molecule has 1 aromatic carbocycles. The molecule has 19 heavy (non-hydrogen) atoms. The van der Waals surface area contributed by atoms with Crippen molar-refractivity contribution in [1.29, 1.82) is 0 Å². The van der Waals surface area contributed by atoms with Crippen LogP contribution in [0, 0.1) is 5.82 Å². The molecule has 7 heteroatoms. The van der Waals surface area contributed by atoms with Gasteiger partial charge in [0.15, 0.2) is 0 Å². The molecule has 0 saturated heterocycles. The quantitative estimate of drug-likeness (QED) is 0.465. The van der Waals surface area contributed by atoms with Crippen molar-refractivity contribution < 1.29 is 22.1 Å². The van der Waals surface area contributed by atoms with E-state index >= 15 is 0 Å². The van der Waals surface area contributed by atoms with Crippen LogP contribution in [-0.4, -0.2) is 15.5 Å². The first-order chi connectivity index (χ1) is 8.50. The SMILES string of the molecule is CC(C)(C)[S+]([O-])/N=C/c1cc(F)cc(C(F)(F)F)c1. The second-order valence-electron chi connectivity index (χ2n) is 4.87. The molecule has 2 nitrogen and oxygen atoms in total. The summed E-state index contributed by atoms with van der Waals surface area (Å²) in [6.07, 6.45) is -3.65. The highest BCUT2D eigenvalue weighted by molar-refractivity contribution is 7.91. The van der Waals surface area contributed by atoms with Gasteiger partial charge in [0.2, 0.25) is 0 Å². The van der Waals surface area contributed by atoms with E-state index < -0.39 is 33.7 Å². The highest BCUT2D eigenvalue weighted by Crippen LogP contribution is 2.30. The maximum absolute atomic E-state index is 13.1. The summed E-state index contributed by atoms with van der Waals surface area (Å²) in [5.41, 5.74) is -1.18. The van der Waals surface area contributed by atoms with Crippen LogP contribution in [0.5, 0.6) is 0 Å². The Hall–Kier alpha value is -1.08. The van der Waals surface area contributed by atoms with Crippen molar-refractivity contribution in [2.75, 3.05) is 0 Å². The van der Waals surface area contributed by atoms with Gasteiger partial charge in [0.05, 0.1) is 11.8 Å². The summed E-state index contributed by atoms with van der Waals surface area (Å²) in [5, 5.41) is 0. The van der Waals surface area contributed by atoms with Crippen LogP contribution in [0.15, 0.2) is 22.6 Å². The van der Waals surface area contributed by atoms with Gasteiger partial charge in [-0.05, 0) is 39.0 Å². The summed E-state index contributed by atoms with van der Waals surface area (Å²) in [6, 6.07) is 2.06. The molecule has 0 aliphatic carbocycles. The van der Waals surface area contributed by atoms with Crippen molar-refractivity contribution in [3.63, 3.8) is 0 Å². The van der Waals surface area contributed by atoms with E-state index in [0.29, 0.717) is 6.07 Å². The van der Waals surface area contributed by atoms with Crippen LogP contribution < -0.4 is 0 Å². The minimum absolute atomic E-state index is 0.0788. The third-order valence-corrected chi connectivity index (χ3v) is 3.41. The van der Waals surface area contributed by atoms with Crippen molar-refractivity contribution in [2.24, 2.45) is 4.40 Å². The molecule has 0 amide bonds. The summed E-state index contributed by atoms with van der Waals surface area (Å²) in [5.74, 6) is -1.02. The summed E-state index contributed by atoms with van der Waals surface area (Å²) in [6.45, 7) is 5.02. The van der Waals surface area contributed by atoms with Gasteiger partial charge in [0.1, 0.15) is 21.9 Å². The smallest absolute Gasteiger partial charge is 0.416 e. The molecule has 106 valence electrons. The zero-order valence-electron chi connectivity index (χ0n) is 10.6. The van der Waals surface area contributed by atoms with Crippen LogP contribution in [-0.2, 0) is 17.5 Å². The maximum Gasteiger partial charge on any atom is 0.416 e. The van der Waals surface area contributed by atoms with E-state index in [1.54, 1.807) is 20.8 Å². The van der Waals surface area contributed by atoms with Crippen LogP contribution in [0.25, 0.3) is 0 Å². The number of benzene rings is 1. The standard InChI is InChI=1S/C12H13F4NOS/c1-11(2,3)19(18)17-7-8-4-9(12(14,15)16)6-10(13)5-8/h4-7H,1-3H3/b17-7+. The monoisotopic (exact) mass is 295 g/mol. The maximum atomic E-state index is 13.1. The average molecular weight is 295 g/mol. The predicted molar refractivity (Wildman–Crippen MR) is 66.9 cm³/mol. The Morgan fingerprint density at radius 1 is 1.16 bits per heavy atom. The molecule has 0 fully saturated rings.